The normalized spacial score (nSPS) is 11.2. The van der Waals surface area contributed by atoms with Gasteiger partial charge in [-0.15, -0.1) is 11.3 Å². The Kier molecular flexibility index (Phi) is 6.73. The summed E-state index contributed by atoms with van der Waals surface area (Å²) in [5.41, 5.74) is 0.884. The highest BCUT2D eigenvalue weighted by molar-refractivity contribution is 9.11. The van der Waals surface area contributed by atoms with E-state index in [1.807, 2.05) is 18.2 Å². The summed E-state index contributed by atoms with van der Waals surface area (Å²) >= 11 is 5.22. The van der Waals surface area contributed by atoms with Crippen molar-refractivity contribution in [2.75, 3.05) is 33.1 Å². The lowest BCUT2D eigenvalue weighted by Gasteiger charge is -2.13. The number of guanidine groups is 1. The van der Waals surface area contributed by atoms with Crippen molar-refractivity contribution in [1.82, 2.24) is 5.32 Å². The monoisotopic (exact) mass is 397 g/mol. The van der Waals surface area contributed by atoms with E-state index in [1.165, 1.54) is 4.88 Å². The van der Waals surface area contributed by atoms with Crippen LogP contribution < -0.4 is 20.1 Å². The van der Waals surface area contributed by atoms with E-state index in [0.717, 1.165) is 22.4 Å². The van der Waals surface area contributed by atoms with E-state index in [2.05, 4.69) is 43.7 Å². The molecule has 5 nitrogen and oxygen atoms in total. The number of benzene rings is 1. The van der Waals surface area contributed by atoms with Gasteiger partial charge < -0.3 is 20.1 Å². The Balaban J connectivity index is 1.91. The van der Waals surface area contributed by atoms with Gasteiger partial charge in [-0.2, -0.15) is 0 Å². The fraction of sp³-hybridized carbons (Fsp3) is 0.312. The van der Waals surface area contributed by atoms with Crippen molar-refractivity contribution in [1.29, 1.82) is 0 Å². The van der Waals surface area contributed by atoms with Crippen LogP contribution in [-0.4, -0.2) is 33.8 Å². The summed E-state index contributed by atoms with van der Waals surface area (Å²) in [7, 11) is 4.99. The minimum absolute atomic E-state index is 0.677. The molecule has 7 heteroatoms. The van der Waals surface area contributed by atoms with E-state index in [9.17, 15) is 0 Å². The lowest BCUT2D eigenvalue weighted by molar-refractivity contribution is 0.355. The van der Waals surface area contributed by atoms with Gasteiger partial charge >= 0.3 is 0 Å². The number of rotatable bonds is 6. The fourth-order valence-corrected chi connectivity index (χ4v) is 3.50. The molecular formula is C16H20BrN3O2S. The van der Waals surface area contributed by atoms with Gasteiger partial charge in [-0.3, -0.25) is 4.99 Å². The molecule has 0 spiro atoms. The highest BCUT2D eigenvalue weighted by Gasteiger charge is 2.06. The van der Waals surface area contributed by atoms with Gasteiger partial charge in [0.2, 0.25) is 0 Å². The first-order chi connectivity index (χ1) is 11.2. The molecule has 0 amide bonds. The molecule has 0 atom stereocenters. The third kappa shape index (κ3) is 5.14. The topological polar surface area (TPSA) is 54.9 Å². The zero-order chi connectivity index (χ0) is 16.7. The molecule has 124 valence electrons. The number of ether oxygens (including phenoxy) is 2. The maximum Gasteiger partial charge on any atom is 0.195 e. The third-order valence-electron chi connectivity index (χ3n) is 3.16. The molecule has 2 rings (SSSR count). The largest absolute Gasteiger partial charge is 0.493 e. The van der Waals surface area contributed by atoms with Crippen LogP contribution in [0, 0.1) is 0 Å². The van der Waals surface area contributed by atoms with Crippen molar-refractivity contribution < 1.29 is 9.47 Å². The van der Waals surface area contributed by atoms with Gasteiger partial charge in [0.1, 0.15) is 0 Å². The van der Waals surface area contributed by atoms with Gasteiger partial charge in [-0.25, -0.2) is 0 Å². The lowest BCUT2D eigenvalue weighted by Crippen LogP contribution is -2.32. The fourth-order valence-electron chi connectivity index (χ4n) is 2.02. The molecule has 1 aromatic heterocycles. The Morgan fingerprint density at radius 2 is 1.96 bits per heavy atom. The summed E-state index contributed by atoms with van der Waals surface area (Å²) in [6.45, 7) is 0.805. The van der Waals surface area contributed by atoms with Crippen LogP contribution in [0.2, 0.25) is 0 Å². The van der Waals surface area contributed by atoms with Gasteiger partial charge in [0.15, 0.2) is 17.5 Å². The molecule has 0 unspecified atom stereocenters. The second-order valence-electron chi connectivity index (χ2n) is 4.65. The first kappa shape index (κ1) is 17.6. The molecule has 0 fully saturated rings. The van der Waals surface area contributed by atoms with E-state index in [1.54, 1.807) is 32.6 Å². The third-order valence-corrected chi connectivity index (χ3v) is 4.85. The molecule has 0 radical (unpaired) electrons. The van der Waals surface area contributed by atoms with Crippen molar-refractivity contribution in [3.63, 3.8) is 0 Å². The summed E-state index contributed by atoms with van der Waals surface area (Å²) in [4.78, 5) is 5.56. The SMILES string of the molecule is CN=C(NCCc1ccc(Br)s1)Nc1ccc(OC)c(OC)c1. The standard InChI is InChI=1S/C16H20BrN3O2S/c1-18-16(19-9-8-12-5-7-15(17)23-12)20-11-4-6-13(21-2)14(10-11)22-3/h4-7,10H,8-9H2,1-3H3,(H2,18,19,20). The van der Waals surface area contributed by atoms with Crippen LogP contribution in [0.15, 0.2) is 39.1 Å². The van der Waals surface area contributed by atoms with Crippen LogP contribution in [0.5, 0.6) is 11.5 Å². The molecule has 0 bridgehead atoms. The van der Waals surface area contributed by atoms with E-state index in [0.29, 0.717) is 17.5 Å². The van der Waals surface area contributed by atoms with Crippen LogP contribution >= 0.6 is 27.3 Å². The van der Waals surface area contributed by atoms with Gasteiger partial charge in [-0.05, 0) is 46.6 Å². The zero-order valence-corrected chi connectivity index (χ0v) is 15.8. The molecule has 1 aromatic carbocycles. The molecule has 0 saturated carbocycles. The van der Waals surface area contributed by atoms with Gasteiger partial charge in [0.25, 0.3) is 0 Å². The van der Waals surface area contributed by atoms with Crippen LogP contribution in [0.3, 0.4) is 0 Å². The molecule has 0 aliphatic heterocycles. The summed E-state index contributed by atoms with van der Waals surface area (Å²) in [5, 5.41) is 6.54. The van der Waals surface area contributed by atoms with Crippen LogP contribution in [0.25, 0.3) is 0 Å². The predicted molar refractivity (Wildman–Crippen MR) is 100 cm³/mol. The van der Waals surface area contributed by atoms with Crippen LogP contribution in [-0.2, 0) is 6.42 Å². The molecule has 23 heavy (non-hydrogen) atoms. The zero-order valence-electron chi connectivity index (χ0n) is 13.4. The highest BCUT2D eigenvalue weighted by atomic mass is 79.9. The Bertz CT molecular complexity index is 673. The lowest BCUT2D eigenvalue weighted by atomic mass is 10.2. The summed E-state index contributed by atoms with van der Waals surface area (Å²) in [6.07, 6.45) is 0.947. The quantitative estimate of drug-likeness (QED) is 0.575. The second kappa shape index (κ2) is 8.79. The predicted octanol–water partition coefficient (Wildman–Crippen LogP) is 3.76. The molecule has 2 N–H and O–H groups in total. The average molecular weight is 398 g/mol. The Morgan fingerprint density at radius 1 is 1.17 bits per heavy atom. The Morgan fingerprint density at radius 3 is 2.57 bits per heavy atom. The van der Waals surface area contributed by atoms with Crippen molar-refractivity contribution in [3.8, 4) is 11.5 Å². The van der Waals surface area contributed by atoms with Crippen molar-refractivity contribution in [2.45, 2.75) is 6.42 Å². The van der Waals surface area contributed by atoms with E-state index in [4.69, 9.17) is 9.47 Å². The Labute approximate surface area is 148 Å². The number of anilines is 1. The van der Waals surface area contributed by atoms with Crippen molar-refractivity contribution in [3.05, 3.63) is 39.0 Å². The number of hydrogen-bond acceptors (Lipinski definition) is 4. The number of halogens is 1. The number of nitrogens with zero attached hydrogens (tertiary/aromatic N) is 1. The van der Waals surface area contributed by atoms with Gasteiger partial charge in [0.05, 0.1) is 18.0 Å². The summed E-state index contributed by atoms with van der Waals surface area (Å²) < 4.78 is 11.7. The minimum atomic E-state index is 0.677. The maximum atomic E-state index is 5.31. The van der Waals surface area contributed by atoms with Crippen LogP contribution in [0.1, 0.15) is 4.88 Å². The van der Waals surface area contributed by atoms with Gasteiger partial charge in [0, 0.05) is 30.2 Å². The van der Waals surface area contributed by atoms with E-state index >= 15 is 0 Å². The van der Waals surface area contributed by atoms with E-state index in [-0.39, 0.29) is 0 Å². The van der Waals surface area contributed by atoms with Gasteiger partial charge in [-0.1, -0.05) is 0 Å². The average Bonchev–Trinajstić information content (AvgIpc) is 2.99. The van der Waals surface area contributed by atoms with Crippen molar-refractivity contribution >= 4 is 38.9 Å². The molecule has 1 heterocycles. The number of nitrogens with one attached hydrogen (secondary N) is 2. The summed E-state index contributed by atoms with van der Waals surface area (Å²) in [5.74, 6) is 2.09. The molecule has 0 saturated heterocycles. The molecule has 0 aliphatic carbocycles. The smallest absolute Gasteiger partial charge is 0.195 e. The molecule has 2 aromatic rings. The second-order valence-corrected chi connectivity index (χ2v) is 7.20. The number of hydrogen-bond donors (Lipinski definition) is 2. The molecule has 0 aliphatic rings. The number of thiophene rings is 1. The molecular weight excluding hydrogens is 378 g/mol. The van der Waals surface area contributed by atoms with E-state index < -0.39 is 0 Å². The minimum Gasteiger partial charge on any atom is -0.493 e. The first-order valence-corrected chi connectivity index (χ1v) is 8.71. The highest BCUT2D eigenvalue weighted by Crippen LogP contribution is 2.29. The maximum absolute atomic E-state index is 5.31. The van der Waals surface area contributed by atoms with Crippen LogP contribution in [0.4, 0.5) is 5.69 Å². The van der Waals surface area contributed by atoms with Crippen molar-refractivity contribution in [2.24, 2.45) is 4.99 Å². The number of aliphatic imine (C=N–C) groups is 1. The first-order valence-electron chi connectivity index (χ1n) is 7.10. The summed E-state index contributed by atoms with van der Waals surface area (Å²) in [6, 6.07) is 9.85. The Hall–Kier alpha value is -1.73. The number of methoxy groups -OCH3 is 2.